The molecule has 1 rings (SSSR count). The molecule has 0 aliphatic carbocycles. The van der Waals surface area contributed by atoms with E-state index in [1.54, 1.807) is 0 Å². The third kappa shape index (κ3) is 3.03. The Balaban J connectivity index is 3.09. The molecular formula is C9H7ClF3NO2. The summed E-state index contributed by atoms with van der Waals surface area (Å²) in [7, 11) is 0. The van der Waals surface area contributed by atoms with Gasteiger partial charge < -0.3 is 10.5 Å². The van der Waals surface area contributed by atoms with Crippen LogP contribution in [0, 0.1) is 0 Å². The van der Waals surface area contributed by atoms with Gasteiger partial charge in [0.25, 0.3) is 0 Å². The molecule has 0 amide bonds. The quantitative estimate of drug-likeness (QED) is 0.512. The first kappa shape index (κ1) is 12.6. The van der Waals surface area contributed by atoms with Gasteiger partial charge in [-0.05, 0) is 12.1 Å². The second-order valence-corrected chi connectivity index (χ2v) is 3.09. The van der Waals surface area contributed by atoms with Crippen molar-refractivity contribution in [2.45, 2.75) is 6.36 Å². The summed E-state index contributed by atoms with van der Waals surface area (Å²) >= 11 is 5.28. The SMILES string of the molecule is Nc1c(OC(F)(F)F)cccc1C(=O)CCl. The molecule has 0 radical (unpaired) electrons. The highest BCUT2D eigenvalue weighted by Crippen LogP contribution is 2.30. The van der Waals surface area contributed by atoms with Crippen molar-refractivity contribution in [3.05, 3.63) is 23.8 Å². The van der Waals surface area contributed by atoms with Crippen molar-refractivity contribution in [3.8, 4) is 5.75 Å². The molecule has 0 saturated carbocycles. The Labute approximate surface area is 93.9 Å². The van der Waals surface area contributed by atoms with Gasteiger partial charge in [0, 0.05) is 5.56 Å². The van der Waals surface area contributed by atoms with E-state index >= 15 is 0 Å². The van der Waals surface area contributed by atoms with Crippen molar-refractivity contribution in [1.29, 1.82) is 0 Å². The molecule has 0 fully saturated rings. The Hall–Kier alpha value is -1.43. The number of halogens is 4. The average Bonchev–Trinajstić information content (AvgIpc) is 2.18. The Morgan fingerprint density at radius 3 is 2.56 bits per heavy atom. The fourth-order valence-corrected chi connectivity index (χ4v) is 1.22. The lowest BCUT2D eigenvalue weighted by Crippen LogP contribution is -2.19. The number of nitrogens with two attached hydrogens (primary N) is 1. The number of ketones is 1. The molecule has 88 valence electrons. The number of anilines is 1. The van der Waals surface area contributed by atoms with E-state index in [9.17, 15) is 18.0 Å². The molecule has 0 atom stereocenters. The van der Waals surface area contributed by atoms with Gasteiger partial charge in [-0.2, -0.15) is 0 Å². The van der Waals surface area contributed by atoms with E-state index in [0.717, 1.165) is 6.07 Å². The van der Waals surface area contributed by atoms with Gasteiger partial charge in [-0.3, -0.25) is 4.79 Å². The molecule has 1 aromatic carbocycles. The highest BCUT2D eigenvalue weighted by atomic mass is 35.5. The fraction of sp³-hybridized carbons (Fsp3) is 0.222. The molecule has 0 aliphatic rings. The number of hydrogen-bond donors (Lipinski definition) is 1. The van der Waals surface area contributed by atoms with E-state index < -0.39 is 17.9 Å². The van der Waals surface area contributed by atoms with Gasteiger partial charge in [0.2, 0.25) is 0 Å². The van der Waals surface area contributed by atoms with Crippen molar-refractivity contribution in [1.82, 2.24) is 0 Å². The molecule has 7 heteroatoms. The van der Waals surface area contributed by atoms with Gasteiger partial charge in [-0.25, -0.2) is 0 Å². The highest BCUT2D eigenvalue weighted by molar-refractivity contribution is 6.31. The van der Waals surface area contributed by atoms with E-state index in [1.807, 2.05) is 0 Å². The summed E-state index contributed by atoms with van der Waals surface area (Å²) in [4.78, 5) is 11.2. The molecule has 0 spiro atoms. The van der Waals surface area contributed by atoms with E-state index in [-0.39, 0.29) is 17.1 Å². The van der Waals surface area contributed by atoms with E-state index in [1.165, 1.54) is 12.1 Å². The minimum atomic E-state index is -4.85. The molecule has 2 N–H and O–H groups in total. The van der Waals surface area contributed by atoms with Gasteiger partial charge >= 0.3 is 6.36 Å². The van der Waals surface area contributed by atoms with Crippen LogP contribution in [-0.4, -0.2) is 18.0 Å². The molecule has 1 aromatic rings. The molecule has 0 unspecified atom stereocenters. The van der Waals surface area contributed by atoms with Crippen LogP contribution in [0.1, 0.15) is 10.4 Å². The first-order chi connectivity index (χ1) is 7.35. The Morgan fingerprint density at radius 2 is 2.06 bits per heavy atom. The maximum absolute atomic E-state index is 11.9. The van der Waals surface area contributed by atoms with E-state index in [2.05, 4.69) is 4.74 Å². The van der Waals surface area contributed by atoms with E-state index in [4.69, 9.17) is 17.3 Å². The largest absolute Gasteiger partial charge is 0.573 e. The van der Waals surface area contributed by atoms with Crippen LogP contribution < -0.4 is 10.5 Å². The van der Waals surface area contributed by atoms with Crippen molar-refractivity contribution >= 4 is 23.1 Å². The monoisotopic (exact) mass is 253 g/mol. The minimum Gasteiger partial charge on any atom is -0.404 e. The summed E-state index contributed by atoms with van der Waals surface area (Å²) in [6.45, 7) is 0. The van der Waals surface area contributed by atoms with Crippen LogP contribution in [0.3, 0.4) is 0 Å². The van der Waals surface area contributed by atoms with Crippen LogP contribution in [0.25, 0.3) is 0 Å². The first-order valence-electron chi connectivity index (χ1n) is 4.08. The molecule has 0 heterocycles. The van der Waals surface area contributed by atoms with E-state index in [0.29, 0.717) is 0 Å². The van der Waals surface area contributed by atoms with Crippen LogP contribution in [0.15, 0.2) is 18.2 Å². The highest BCUT2D eigenvalue weighted by Gasteiger charge is 2.32. The number of carbonyl (C=O) groups excluding carboxylic acids is 1. The lowest BCUT2D eigenvalue weighted by atomic mass is 10.1. The van der Waals surface area contributed by atoms with Gasteiger partial charge in [0.05, 0.1) is 11.6 Å². The van der Waals surface area contributed by atoms with Crippen molar-refractivity contribution < 1.29 is 22.7 Å². The number of Topliss-reactive ketones (excluding diaryl/α,β-unsaturated/α-hetero) is 1. The van der Waals surface area contributed by atoms with Crippen LogP contribution in [0.4, 0.5) is 18.9 Å². The molecule has 0 aromatic heterocycles. The number of alkyl halides is 4. The fourth-order valence-electron chi connectivity index (χ4n) is 1.07. The summed E-state index contributed by atoms with van der Waals surface area (Å²) in [6.07, 6.45) is -4.85. The lowest BCUT2D eigenvalue weighted by molar-refractivity contribution is -0.274. The zero-order valence-electron chi connectivity index (χ0n) is 7.84. The zero-order valence-corrected chi connectivity index (χ0v) is 8.60. The second-order valence-electron chi connectivity index (χ2n) is 2.82. The molecule has 0 aliphatic heterocycles. The van der Waals surface area contributed by atoms with Gasteiger partial charge in [0.15, 0.2) is 11.5 Å². The first-order valence-corrected chi connectivity index (χ1v) is 4.62. The number of ether oxygens (including phenoxy) is 1. The second kappa shape index (κ2) is 4.61. The van der Waals surface area contributed by atoms with Crippen LogP contribution in [0.2, 0.25) is 0 Å². The molecule has 16 heavy (non-hydrogen) atoms. The Morgan fingerprint density at radius 1 is 1.44 bits per heavy atom. The standard InChI is InChI=1S/C9H7ClF3NO2/c10-4-6(15)5-2-1-3-7(8(5)14)16-9(11,12)13/h1-3H,4,14H2. The number of rotatable bonds is 3. The normalized spacial score (nSPS) is 11.2. The number of benzene rings is 1. The molecular weight excluding hydrogens is 247 g/mol. The maximum atomic E-state index is 11.9. The van der Waals surface area contributed by atoms with Crippen molar-refractivity contribution in [2.75, 3.05) is 11.6 Å². The topological polar surface area (TPSA) is 52.3 Å². The average molecular weight is 254 g/mol. The third-order valence-electron chi connectivity index (χ3n) is 1.71. The van der Waals surface area contributed by atoms with Gasteiger partial charge in [-0.15, -0.1) is 24.8 Å². The van der Waals surface area contributed by atoms with Crippen LogP contribution >= 0.6 is 11.6 Å². The predicted octanol–water partition coefficient (Wildman–Crippen LogP) is 2.59. The predicted molar refractivity (Wildman–Crippen MR) is 52.6 cm³/mol. The van der Waals surface area contributed by atoms with Crippen molar-refractivity contribution in [2.24, 2.45) is 0 Å². The molecule has 0 bridgehead atoms. The lowest BCUT2D eigenvalue weighted by Gasteiger charge is -2.12. The summed E-state index contributed by atoms with van der Waals surface area (Å²) in [5, 5.41) is 0. The zero-order chi connectivity index (χ0) is 12.3. The summed E-state index contributed by atoms with van der Waals surface area (Å²) in [5.74, 6) is -1.53. The Kier molecular flexibility index (Phi) is 3.64. The number of nitrogen functional groups attached to an aromatic ring is 1. The third-order valence-corrected chi connectivity index (χ3v) is 1.96. The summed E-state index contributed by atoms with van der Waals surface area (Å²) < 4.78 is 39.5. The minimum absolute atomic E-state index is 0.0863. The molecule has 0 saturated heterocycles. The van der Waals surface area contributed by atoms with Gasteiger partial charge in [0.1, 0.15) is 0 Å². The maximum Gasteiger partial charge on any atom is 0.573 e. The van der Waals surface area contributed by atoms with Crippen LogP contribution in [-0.2, 0) is 0 Å². The van der Waals surface area contributed by atoms with Gasteiger partial charge in [-0.1, -0.05) is 6.07 Å². The number of hydrogen-bond acceptors (Lipinski definition) is 3. The smallest absolute Gasteiger partial charge is 0.404 e. The number of carbonyl (C=O) groups is 1. The summed E-state index contributed by atoms with van der Waals surface area (Å²) in [6, 6.07) is 3.54. The summed E-state index contributed by atoms with van der Waals surface area (Å²) in [5.41, 5.74) is 4.91. The Bertz CT molecular complexity index is 406. The number of para-hydroxylation sites is 1. The van der Waals surface area contributed by atoms with Crippen molar-refractivity contribution in [3.63, 3.8) is 0 Å². The van der Waals surface area contributed by atoms with Crippen LogP contribution in [0.5, 0.6) is 5.75 Å². The molecule has 3 nitrogen and oxygen atoms in total.